The predicted octanol–water partition coefficient (Wildman–Crippen LogP) is 4.58. The molecule has 3 aromatic rings. The van der Waals surface area contributed by atoms with Crippen LogP contribution in [0.25, 0.3) is 0 Å². The molecule has 3 aromatic carbocycles. The van der Waals surface area contributed by atoms with Crippen molar-refractivity contribution in [2.45, 2.75) is 24.7 Å². The summed E-state index contributed by atoms with van der Waals surface area (Å²) in [4.78, 5) is 13.1. The second kappa shape index (κ2) is 10.1. The van der Waals surface area contributed by atoms with Gasteiger partial charge in [-0.25, -0.2) is 12.7 Å². The summed E-state index contributed by atoms with van der Waals surface area (Å²) in [6.07, 6.45) is 0.396. The second-order valence-electron chi connectivity index (χ2n) is 6.94. The number of carbonyl (C=O) groups is 1. The zero-order chi connectivity index (χ0) is 22.3. The maximum atomic E-state index is 13.3. The first-order chi connectivity index (χ1) is 14.9. The zero-order valence-electron chi connectivity index (χ0n) is 17.5. The van der Waals surface area contributed by atoms with Crippen LogP contribution in [0.15, 0.2) is 83.8 Å². The van der Waals surface area contributed by atoms with Crippen LogP contribution in [0.3, 0.4) is 0 Å². The van der Waals surface area contributed by atoms with E-state index in [4.69, 9.17) is 9.47 Å². The van der Waals surface area contributed by atoms with Gasteiger partial charge in [0.2, 0.25) is 5.91 Å². The Morgan fingerprint density at radius 2 is 1.48 bits per heavy atom. The molecule has 0 aliphatic rings. The maximum Gasteiger partial charge on any atom is 0.270 e. The summed E-state index contributed by atoms with van der Waals surface area (Å²) >= 11 is 0. The van der Waals surface area contributed by atoms with Gasteiger partial charge >= 0.3 is 0 Å². The SMILES string of the molecule is COc1ccc(N(C(=O)CCCOc2ccc(C)cc2)S(=O)(=O)c2ccccc2)cc1. The molecule has 0 unspecified atom stereocenters. The molecule has 0 radical (unpaired) electrons. The molecule has 31 heavy (non-hydrogen) atoms. The Labute approximate surface area is 183 Å². The van der Waals surface area contributed by atoms with Crippen LogP contribution in [0.4, 0.5) is 5.69 Å². The summed E-state index contributed by atoms with van der Waals surface area (Å²) in [6.45, 7) is 2.29. The van der Waals surface area contributed by atoms with Crippen molar-refractivity contribution in [1.29, 1.82) is 0 Å². The van der Waals surface area contributed by atoms with Crippen molar-refractivity contribution >= 4 is 21.6 Å². The zero-order valence-corrected chi connectivity index (χ0v) is 18.3. The molecule has 3 rings (SSSR count). The molecule has 6 nitrogen and oxygen atoms in total. The summed E-state index contributed by atoms with van der Waals surface area (Å²) in [5.41, 5.74) is 1.39. The van der Waals surface area contributed by atoms with Crippen molar-refractivity contribution in [2.24, 2.45) is 0 Å². The topological polar surface area (TPSA) is 72.9 Å². The quantitative estimate of drug-likeness (QED) is 0.456. The Morgan fingerprint density at radius 3 is 2.10 bits per heavy atom. The number of methoxy groups -OCH3 is 1. The van der Waals surface area contributed by atoms with E-state index < -0.39 is 15.9 Å². The first kappa shape index (κ1) is 22.4. The molecule has 7 heteroatoms. The second-order valence-corrected chi connectivity index (χ2v) is 8.73. The smallest absolute Gasteiger partial charge is 0.270 e. The molecule has 0 heterocycles. The monoisotopic (exact) mass is 439 g/mol. The molecule has 0 aliphatic heterocycles. The third kappa shape index (κ3) is 5.64. The largest absolute Gasteiger partial charge is 0.497 e. The van der Waals surface area contributed by atoms with Crippen molar-refractivity contribution < 1.29 is 22.7 Å². The number of rotatable bonds is 9. The van der Waals surface area contributed by atoms with Crippen LogP contribution in [0.1, 0.15) is 18.4 Å². The minimum Gasteiger partial charge on any atom is -0.497 e. The lowest BCUT2D eigenvalue weighted by Crippen LogP contribution is -2.37. The van der Waals surface area contributed by atoms with E-state index in [9.17, 15) is 13.2 Å². The molecular formula is C24H25NO5S. The molecule has 162 valence electrons. The number of anilines is 1. The number of nitrogens with zero attached hydrogens (tertiary/aromatic N) is 1. The van der Waals surface area contributed by atoms with E-state index in [2.05, 4.69) is 0 Å². The summed E-state index contributed by atoms with van der Waals surface area (Å²) < 4.78 is 38.2. The molecule has 0 aliphatic carbocycles. The number of benzene rings is 3. The summed E-state index contributed by atoms with van der Waals surface area (Å²) in [7, 11) is -2.54. The summed E-state index contributed by atoms with van der Waals surface area (Å²) in [6, 6.07) is 21.9. The van der Waals surface area contributed by atoms with Crippen molar-refractivity contribution in [2.75, 3.05) is 18.0 Å². The van der Waals surface area contributed by atoms with Crippen LogP contribution in [0.5, 0.6) is 11.5 Å². The lowest BCUT2D eigenvalue weighted by atomic mass is 10.2. The van der Waals surface area contributed by atoms with E-state index in [1.807, 2.05) is 31.2 Å². The summed E-state index contributed by atoms with van der Waals surface area (Å²) in [5.74, 6) is 0.753. The van der Waals surface area contributed by atoms with Crippen LogP contribution in [-0.2, 0) is 14.8 Å². The number of amides is 1. The number of ether oxygens (including phenoxy) is 2. The van der Waals surface area contributed by atoms with Crippen LogP contribution in [0.2, 0.25) is 0 Å². The van der Waals surface area contributed by atoms with Gasteiger partial charge in [0, 0.05) is 6.42 Å². The fourth-order valence-corrected chi connectivity index (χ4v) is 4.45. The van der Waals surface area contributed by atoms with Crippen molar-refractivity contribution in [3.63, 3.8) is 0 Å². The molecule has 0 saturated carbocycles. The van der Waals surface area contributed by atoms with Crippen LogP contribution < -0.4 is 13.8 Å². The molecule has 0 atom stereocenters. The van der Waals surface area contributed by atoms with Gasteiger partial charge in [0.15, 0.2) is 0 Å². The van der Waals surface area contributed by atoms with Gasteiger partial charge in [-0.05, 0) is 61.9 Å². The number of carbonyl (C=O) groups excluding carboxylic acids is 1. The van der Waals surface area contributed by atoms with E-state index in [1.54, 1.807) is 42.5 Å². The predicted molar refractivity (Wildman–Crippen MR) is 120 cm³/mol. The lowest BCUT2D eigenvalue weighted by molar-refractivity contribution is -0.117. The van der Waals surface area contributed by atoms with Gasteiger partial charge in [-0.1, -0.05) is 35.9 Å². The molecule has 0 spiro atoms. The normalized spacial score (nSPS) is 11.0. The standard InChI is InChI=1S/C24H25NO5S/c1-19-10-14-22(15-11-19)30-18-6-9-24(26)25(20-12-16-21(29-2)17-13-20)31(27,28)23-7-4-3-5-8-23/h3-5,7-8,10-17H,6,9,18H2,1-2H3. The molecule has 0 bridgehead atoms. The van der Waals surface area contributed by atoms with Gasteiger partial charge in [-0.2, -0.15) is 0 Å². The van der Waals surface area contributed by atoms with Crippen LogP contribution in [-0.4, -0.2) is 28.0 Å². The van der Waals surface area contributed by atoms with E-state index in [0.29, 0.717) is 24.5 Å². The Morgan fingerprint density at radius 1 is 0.871 bits per heavy atom. The highest BCUT2D eigenvalue weighted by Crippen LogP contribution is 2.27. The third-order valence-electron chi connectivity index (χ3n) is 4.64. The van der Waals surface area contributed by atoms with Gasteiger partial charge in [0.25, 0.3) is 10.0 Å². The van der Waals surface area contributed by atoms with E-state index >= 15 is 0 Å². The molecule has 1 amide bonds. The van der Waals surface area contributed by atoms with Crippen molar-refractivity contribution in [3.8, 4) is 11.5 Å². The third-order valence-corrected chi connectivity index (χ3v) is 6.40. The number of hydrogen-bond donors (Lipinski definition) is 0. The molecular weight excluding hydrogens is 414 g/mol. The maximum absolute atomic E-state index is 13.3. The Kier molecular flexibility index (Phi) is 7.31. The highest BCUT2D eigenvalue weighted by Gasteiger charge is 2.30. The van der Waals surface area contributed by atoms with E-state index in [1.165, 1.54) is 19.2 Å². The highest BCUT2D eigenvalue weighted by molar-refractivity contribution is 7.93. The van der Waals surface area contributed by atoms with Crippen LogP contribution >= 0.6 is 0 Å². The van der Waals surface area contributed by atoms with Gasteiger partial charge < -0.3 is 9.47 Å². The average Bonchev–Trinajstić information content (AvgIpc) is 2.79. The Bertz CT molecular complexity index is 1090. The molecule has 0 N–H and O–H groups in total. The first-order valence-electron chi connectivity index (χ1n) is 9.88. The molecule has 0 aromatic heterocycles. The van der Waals surface area contributed by atoms with Crippen LogP contribution in [0, 0.1) is 6.92 Å². The fraction of sp³-hybridized carbons (Fsp3) is 0.208. The van der Waals surface area contributed by atoms with Gasteiger partial charge in [-0.3, -0.25) is 4.79 Å². The summed E-state index contributed by atoms with van der Waals surface area (Å²) in [5, 5.41) is 0. The van der Waals surface area contributed by atoms with Gasteiger partial charge in [0.05, 0.1) is 24.3 Å². The van der Waals surface area contributed by atoms with Crippen molar-refractivity contribution in [3.05, 3.63) is 84.4 Å². The van der Waals surface area contributed by atoms with E-state index in [0.717, 1.165) is 9.87 Å². The van der Waals surface area contributed by atoms with Crippen molar-refractivity contribution in [1.82, 2.24) is 0 Å². The Hall–Kier alpha value is -3.32. The number of hydrogen-bond acceptors (Lipinski definition) is 5. The average molecular weight is 440 g/mol. The minimum absolute atomic E-state index is 0.0178. The Balaban J connectivity index is 1.76. The number of aryl methyl sites for hydroxylation is 1. The highest BCUT2D eigenvalue weighted by atomic mass is 32.2. The molecule has 0 saturated heterocycles. The number of sulfonamides is 1. The van der Waals surface area contributed by atoms with E-state index in [-0.39, 0.29) is 17.0 Å². The van der Waals surface area contributed by atoms with Gasteiger partial charge in [0.1, 0.15) is 11.5 Å². The van der Waals surface area contributed by atoms with Gasteiger partial charge in [-0.15, -0.1) is 0 Å². The molecule has 0 fully saturated rings. The fourth-order valence-electron chi connectivity index (χ4n) is 2.98. The minimum atomic E-state index is -4.06. The lowest BCUT2D eigenvalue weighted by Gasteiger charge is -2.23. The first-order valence-corrected chi connectivity index (χ1v) is 11.3.